The number of aliphatic hydroxyl groups is 3. The number of rotatable bonds is 3. The van der Waals surface area contributed by atoms with Gasteiger partial charge in [-0.1, -0.05) is 6.92 Å². The van der Waals surface area contributed by atoms with E-state index in [1.807, 2.05) is 0 Å². The fourth-order valence-corrected chi connectivity index (χ4v) is 8.83. The van der Waals surface area contributed by atoms with Crippen molar-refractivity contribution in [3.63, 3.8) is 0 Å². The first-order chi connectivity index (χ1) is 15.1. The quantitative estimate of drug-likeness (QED) is 0.568. The number of fused-ring (bicyclic) bond motifs is 5. The normalized spacial score (nSPS) is 50.0. The van der Waals surface area contributed by atoms with Gasteiger partial charge < -0.3 is 24.8 Å². The van der Waals surface area contributed by atoms with Crippen molar-refractivity contribution < 1.29 is 34.4 Å². The molecule has 1 heterocycles. The molecule has 0 spiro atoms. The summed E-state index contributed by atoms with van der Waals surface area (Å²) in [4.78, 5) is 23.2. The Hall–Kier alpha value is -1.44. The van der Waals surface area contributed by atoms with Gasteiger partial charge in [-0.15, -0.1) is 0 Å². The number of hydrogen-bond donors (Lipinski definition) is 3. The molecule has 0 radical (unpaired) electrons. The number of ether oxygens (including phenoxy) is 2. The van der Waals surface area contributed by atoms with Crippen LogP contribution in [0.15, 0.2) is 11.6 Å². The fourth-order valence-electron chi connectivity index (χ4n) is 8.83. The molecule has 5 aliphatic rings. The Balaban J connectivity index is 1.46. The smallest absolute Gasteiger partial charge is 0.331 e. The zero-order valence-corrected chi connectivity index (χ0v) is 19.1. The molecule has 5 rings (SSSR count). The Labute approximate surface area is 189 Å². The minimum absolute atomic E-state index is 0.0109. The van der Waals surface area contributed by atoms with Crippen LogP contribution in [0.4, 0.5) is 0 Å². The second kappa shape index (κ2) is 7.28. The maximum atomic E-state index is 12.2. The minimum atomic E-state index is -1.10. The molecule has 4 fully saturated rings. The van der Waals surface area contributed by atoms with Crippen LogP contribution in [0.2, 0.25) is 0 Å². The van der Waals surface area contributed by atoms with Crippen LogP contribution in [0.3, 0.4) is 0 Å². The third-order valence-electron chi connectivity index (χ3n) is 10.4. The SMILES string of the molecule is CC(=O)OC1CCC2(CO)C3CCC4(C)C(C5=CC(=O)OC5)CCC4(O)C3CCC2(O)C1. The van der Waals surface area contributed by atoms with Gasteiger partial charge in [0.05, 0.1) is 17.8 Å². The lowest BCUT2D eigenvalue weighted by Crippen LogP contribution is -2.69. The Morgan fingerprint density at radius 3 is 2.53 bits per heavy atom. The van der Waals surface area contributed by atoms with Gasteiger partial charge in [-0.2, -0.15) is 0 Å². The van der Waals surface area contributed by atoms with E-state index in [0.717, 1.165) is 24.8 Å². The molecule has 0 aromatic rings. The number of carbonyl (C=O) groups is 2. The monoisotopic (exact) mass is 448 g/mol. The molecular formula is C25H36O7. The average molecular weight is 449 g/mol. The molecule has 8 atom stereocenters. The molecular weight excluding hydrogens is 412 g/mol. The van der Waals surface area contributed by atoms with Gasteiger partial charge in [-0.25, -0.2) is 4.79 Å². The van der Waals surface area contributed by atoms with Crippen LogP contribution in [0.5, 0.6) is 0 Å². The van der Waals surface area contributed by atoms with Gasteiger partial charge in [0.1, 0.15) is 12.7 Å². The Morgan fingerprint density at radius 1 is 1.12 bits per heavy atom. The number of esters is 2. The highest BCUT2D eigenvalue weighted by Crippen LogP contribution is 2.70. The van der Waals surface area contributed by atoms with Crippen LogP contribution < -0.4 is 0 Å². The molecule has 7 nitrogen and oxygen atoms in total. The van der Waals surface area contributed by atoms with Gasteiger partial charge in [0.25, 0.3) is 0 Å². The third-order valence-corrected chi connectivity index (χ3v) is 10.4. The Morgan fingerprint density at radius 2 is 1.88 bits per heavy atom. The Bertz CT molecular complexity index is 853. The van der Waals surface area contributed by atoms with E-state index in [2.05, 4.69) is 6.92 Å². The lowest BCUT2D eigenvalue weighted by atomic mass is 9.41. The fraction of sp³-hybridized carbons (Fsp3) is 0.840. The van der Waals surface area contributed by atoms with E-state index >= 15 is 0 Å². The Kier molecular flexibility index (Phi) is 5.08. The van der Waals surface area contributed by atoms with Crippen molar-refractivity contribution in [2.75, 3.05) is 13.2 Å². The maximum Gasteiger partial charge on any atom is 0.331 e. The third kappa shape index (κ3) is 2.83. The summed E-state index contributed by atoms with van der Waals surface area (Å²) >= 11 is 0. The van der Waals surface area contributed by atoms with E-state index in [1.54, 1.807) is 6.08 Å². The van der Waals surface area contributed by atoms with Gasteiger partial charge >= 0.3 is 11.9 Å². The van der Waals surface area contributed by atoms with E-state index < -0.39 is 16.6 Å². The number of hydrogen-bond acceptors (Lipinski definition) is 7. The molecule has 4 aliphatic carbocycles. The standard InChI is InChI=1S/C25H36O7/c1-15(27)32-17-3-8-23(14-26)19-4-7-22(2)18(16-11-21(28)31-13-16)6-10-25(22,30)20(19)5-9-24(23,29)12-17/h11,17-20,26,29-30H,3-10,12-14H2,1-2H3. The van der Waals surface area contributed by atoms with Crippen LogP contribution in [-0.2, 0) is 19.1 Å². The first kappa shape index (κ1) is 22.4. The van der Waals surface area contributed by atoms with E-state index in [4.69, 9.17) is 9.47 Å². The summed E-state index contributed by atoms with van der Waals surface area (Å²) in [6.07, 6.45) is 7.10. The second-order valence-corrected chi connectivity index (χ2v) is 11.4. The van der Waals surface area contributed by atoms with Crippen molar-refractivity contribution >= 4 is 11.9 Å². The lowest BCUT2D eigenvalue weighted by molar-refractivity contribution is -0.270. The molecule has 7 heteroatoms. The maximum absolute atomic E-state index is 12.2. The second-order valence-electron chi connectivity index (χ2n) is 11.4. The van der Waals surface area contributed by atoms with Crippen molar-refractivity contribution in [1.82, 2.24) is 0 Å². The van der Waals surface area contributed by atoms with Gasteiger partial charge in [0, 0.05) is 30.3 Å². The summed E-state index contributed by atoms with van der Waals surface area (Å²) < 4.78 is 10.6. The van der Waals surface area contributed by atoms with E-state index in [9.17, 15) is 24.9 Å². The van der Waals surface area contributed by atoms with Gasteiger partial charge in [-0.05, 0) is 74.7 Å². The summed E-state index contributed by atoms with van der Waals surface area (Å²) in [5.74, 6) is -0.517. The highest BCUT2D eigenvalue weighted by molar-refractivity contribution is 5.85. The zero-order valence-electron chi connectivity index (χ0n) is 19.1. The first-order valence-electron chi connectivity index (χ1n) is 12.2. The highest BCUT2D eigenvalue weighted by atomic mass is 16.5. The molecule has 1 aliphatic heterocycles. The van der Waals surface area contributed by atoms with Crippen LogP contribution in [0.25, 0.3) is 0 Å². The molecule has 3 N–H and O–H groups in total. The number of carbonyl (C=O) groups excluding carboxylic acids is 2. The highest BCUT2D eigenvalue weighted by Gasteiger charge is 2.71. The topological polar surface area (TPSA) is 113 Å². The summed E-state index contributed by atoms with van der Waals surface area (Å²) in [6.45, 7) is 3.75. The molecule has 4 saturated carbocycles. The molecule has 178 valence electrons. The first-order valence-corrected chi connectivity index (χ1v) is 12.2. The van der Waals surface area contributed by atoms with Gasteiger partial charge in [-0.3, -0.25) is 4.79 Å². The number of cyclic esters (lactones) is 1. The van der Waals surface area contributed by atoms with E-state index in [0.29, 0.717) is 45.1 Å². The van der Waals surface area contributed by atoms with Gasteiger partial charge in [0.15, 0.2) is 0 Å². The van der Waals surface area contributed by atoms with Crippen LogP contribution in [0, 0.1) is 28.6 Å². The molecule has 0 bridgehead atoms. The molecule has 32 heavy (non-hydrogen) atoms. The zero-order chi connectivity index (χ0) is 22.9. The van der Waals surface area contributed by atoms with Crippen molar-refractivity contribution in [3.8, 4) is 0 Å². The number of aliphatic hydroxyl groups excluding tert-OH is 1. The molecule has 0 saturated heterocycles. The summed E-state index contributed by atoms with van der Waals surface area (Å²) in [5, 5.41) is 34.7. The van der Waals surface area contributed by atoms with Crippen LogP contribution >= 0.6 is 0 Å². The molecule has 8 unspecified atom stereocenters. The summed E-state index contributed by atoms with van der Waals surface area (Å²) in [7, 11) is 0. The van der Waals surface area contributed by atoms with Crippen molar-refractivity contribution in [2.45, 2.75) is 88.9 Å². The summed E-state index contributed by atoms with van der Waals surface area (Å²) in [5.41, 5.74) is -2.04. The average Bonchev–Trinajstić information content (AvgIpc) is 3.27. The van der Waals surface area contributed by atoms with Crippen molar-refractivity contribution in [2.24, 2.45) is 28.6 Å². The molecule has 0 aromatic heterocycles. The minimum Gasteiger partial charge on any atom is -0.462 e. The van der Waals surface area contributed by atoms with Crippen LogP contribution in [0.1, 0.15) is 71.6 Å². The lowest BCUT2D eigenvalue weighted by Gasteiger charge is -2.66. The molecule has 0 aromatic carbocycles. The van der Waals surface area contributed by atoms with E-state index in [1.165, 1.54) is 6.92 Å². The predicted octanol–water partition coefficient (Wildman–Crippen LogP) is 2.26. The van der Waals surface area contributed by atoms with Gasteiger partial charge in [0.2, 0.25) is 0 Å². The largest absolute Gasteiger partial charge is 0.462 e. The predicted molar refractivity (Wildman–Crippen MR) is 114 cm³/mol. The molecule has 0 amide bonds. The van der Waals surface area contributed by atoms with Crippen molar-refractivity contribution in [3.05, 3.63) is 11.6 Å². The van der Waals surface area contributed by atoms with E-state index in [-0.39, 0.29) is 47.8 Å². The summed E-state index contributed by atoms with van der Waals surface area (Å²) in [6, 6.07) is 0. The van der Waals surface area contributed by atoms with Crippen LogP contribution in [-0.4, -0.2) is 57.8 Å². The van der Waals surface area contributed by atoms with Crippen molar-refractivity contribution in [1.29, 1.82) is 0 Å².